The second-order valence-corrected chi connectivity index (χ2v) is 11.9. The molecule has 0 spiro atoms. The Morgan fingerprint density at radius 3 is 2.13 bits per heavy atom. The van der Waals surface area contributed by atoms with E-state index >= 15 is 0 Å². The van der Waals surface area contributed by atoms with E-state index in [9.17, 15) is 8.78 Å². The molecule has 232 valence electrons. The summed E-state index contributed by atoms with van der Waals surface area (Å²) in [5.41, 5.74) is 5.50. The van der Waals surface area contributed by atoms with Gasteiger partial charge in [0.2, 0.25) is 5.95 Å². The van der Waals surface area contributed by atoms with Crippen molar-refractivity contribution in [2.45, 2.75) is 57.3 Å². The van der Waals surface area contributed by atoms with Crippen LogP contribution in [0.5, 0.6) is 0 Å². The third kappa shape index (κ3) is 6.76. The molecule has 2 fully saturated rings. The molecule has 10 heteroatoms. The van der Waals surface area contributed by atoms with Crippen molar-refractivity contribution >= 4 is 34.3 Å². The van der Waals surface area contributed by atoms with Crippen LogP contribution in [0.25, 0.3) is 11.2 Å². The summed E-state index contributed by atoms with van der Waals surface area (Å²) >= 11 is 0. The molecule has 1 N–H and O–H groups in total. The first-order valence-corrected chi connectivity index (χ1v) is 15.7. The number of ether oxygens (including phenoxy) is 1. The lowest BCUT2D eigenvalue weighted by Crippen LogP contribution is -2.39. The number of benzene rings is 3. The Kier molecular flexibility index (Phi) is 8.30. The van der Waals surface area contributed by atoms with Crippen LogP contribution in [0.3, 0.4) is 0 Å². The zero-order valence-corrected chi connectivity index (χ0v) is 25.2. The topological polar surface area (TPSA) is 71.3 Å². The molecule has 2 aliphatic rings. The Morgan fingerprint density at radius 1 is 0.844 bits per heavy atom. The van der Waals surface area contributed by atoms with E-state index in [2.05, 4.69) is 34.5 Å². The lowest BCUT2D eigenvalue weighted by atomic mass is 10.1. The minimum atomic E-state index is -2.57. The number of hydrogen-bond donors (Lipinski definition) is 1. The highest BCUT2D eigenvalue weighted by atomic mass is 19.3. The molecule has 0 aliphatic carbocycles. The van der Waals surface area contributed by atoms with Gasteiger partial charge < -0.3 is 19.9 Å². The summed E-state index contributed by atoms with van der Waals surface area (Å²) in [6.45, 7) is 2.67. The fourth-order valence-corrected chi connectivity index (χ4v) is 6.12. The monoisotopic (exact) mass is 609 g/mol. The molecule has 5 aromatic rings. The molecule has 0 saturated carbocycles. The van der Waals surface area contributed by atoms with E-state index in [1.54, 1.807) is 0 Å². The van der Waals surface area contributed by atoms with Crippen LogP contribution in [0, 0.1) is 0 Å². The summed E-state index contributed by atoms with van der Waals surface area (Å²) in [4.78, 5) is 19.1. The number of rotatable bonds is 9. The number of hydrogen-bond acceptors (Lipinski definition) is 7. The number of fused-ring (bicyclic) bond motifs is 1. The first kappa shape index (κ1) is 29.2. The first-order chi connectivity index (χ1) is 22.0. The highest BCUT2D eigenvalue weighted by Crippen LogP contribution is 2.34. The van der Waals surface area contributed by atoms with Crippen molar-refractivity contribution in [1.29, 1.82) is 0 Å². The van der Waals surface area contributed by atoms with Crippen molar-refractivity contribution in [2.75, 3.05) is 34.8 Å². The van der Waals surface area contributed by atoms with Gasteiger partial charge in [0.1, 0.15) is 6.23 Å². The van der Waals surface area contributed by atoms with Crippen LogP contribution in [-0.2, 0) is 17.8 Å². The molecule has 8 nitrogen and oxygen atoms in total. The van der Waals surface area contributed by atoms with Crippen LogP contribution < -0.4 is 15.1 Å². The zero-order chi connectivity index (χ0) is 30.6. The van der Waals surface area contributed by atoms with E-state index < -0.39 is 5.92 Å². The predicted octanol–water partition coefficient (Wildman–Crippen LogP) is 7.71. The van der Waals surface area contributed by atoms with Gasteiger partial charge in [-0.2, -0.15) is 9.97 Å². The van der Waals surface area contributed by atoms with Crippen molar-refractivity contribution in [3.05, 3.63) is 102 Å². The molecule has 1 unspecified atom stereocenters. The molecule has 45 heavy (non-hydrogen) atoms. The molecule has 4 heterocycles. The number of imidazole rings is 1. The minimum Gasteiger partial charge on any atom is -0.371 e. The standard InChI is InChI=1S/C35H37F2N7O/c36-35(37)18-20-42(21-19-35)29-16-14-28(15-17-29)39-34-40-32(31-33(41-34)44(25-38-31)30-13-7-8-22-45-30)43(23-26-9-3-1-4-10-26)24-27-11-5-2-6-12-27/h1-6,9-12,14-17,25,30H,7-8,13,18-24H2,(H,39,40,41). The summed E-state index contributed by atoms with van der Waals surface area (Å²) in [5, 5.41) is 3.41. The molecule has 0 bridgehead atoms. The molecule has 7 rings (SSSR count). The molecular weight excluding hydrogens is 572 g/mol. The number of nitrogens with one attached hydrogen (secondary N) is 1. The average Bonchev–Trinajstić information content (AvgIpc) is 3.50. The number of piperidine rings is 1. The third-order valence-electron chi connectivity index (χ3n) is 8.58. The van der Waals surface area contributed by atoms with Gasteiger partial charge in [-0.3, -0.25) is 4.57 Å². The van der Waals surface area contributed by atoms with Gasteiger partial charge in [-0.15, -0.1) is 0 Å². The maximum absolute atomic E-state index is 13.7. The Balaban J connectivity index is 1.24. The van der Waals surface area contributed by atoms with Gasteiger partial charge in [0.05, 0.1) is 6.33 Å². The first-order valence-electron chi connectivity index (χ1n) is 15.7. The van der Waals surface area contributed by atoms with E-state index in [1.807, 2.05) is 76.5 Å². The van der Waals surface area contributed by atoms with E-state index in [0.29, 0.717) is 44.4 Å². The molecule has 0 radical (unpaired) electrons. The van der Waals surface area contributed by atoms with Gasteiger partial charge >= 0.3 is 0 Å². The van der Waals surface area contributed by atoms with Crippen molar-refractivity contribution in [3.63, 3.8) is 0 Å². The van der Waals surface area contributed by atoms with Gasteiger partial charge in [0.25, 0.3) is 5.92 Å². The zero-order valence-electron chi connectivity index (χ0n) is 25.2. The number of aromatic nitrogens is 4. The highest BCUT2D eigenvalue weighted by Gasteiger charge is 2.34. The molecule has 0 amide bonds. The molecule has 3 aromatic carbocycles. The average molecular weight is 610 g/mol. The predicted molar refractivity (Wildman–Crippen MR) is 173 cm³/mol. The fourth-order valence-electron chi connectivity index (χ4n) is 6.12. The van der Waals surface area contributed by atoms with Crippen molar-refractivity contribution < 1.29 is 13.5 Å². The van der Waals surface area contributed by atoms with Crippen LogP contribution >= 0.6 is 0 Å². The maximum atomic E-state index is 13.7. The van der Waals surface area contributed by atoms with E-state index in [0.717, 1.165) is 53.1 Å². The summed E-state index contributed by atoms with van der Waals surface area (Å²) in [6.07, 6.45) is 4.48. The molecule has 2 aliphatic heterocycles. The summed E-state index contributed by atoms with van der Waals surface area (Å²) in [5.74, 6) is -1.39. The number of halogens is 2. The van der Waals surface area contributed by atoms with Gasteiger partial charge in [-0.05, 0) is 54.7 Å². The fraction of sp³-hybridized carbons (Fsp3) is 0.343. The third-order valence-corrected chi connectivity index (χ3v) is 8.58. The maximum Gasteiger partial charge on any atom is 0.251 e. The summed E-state index contributed by atoms with van der Waals surface area (Å²) < 4.78 is 35.6. The van der Waals surface area contributed by atoms with Crippen molar-refractivity contribution in [2.24, 2.45) is 0 Å². The van der Waals surface area contributed by atoms with Crippen LogP contribution in [0.2, 0.25) is 0 Å². The summed E-state index contributed by atoms with van der Waals surface area (Å²) in [6, 6.07) is 28.5. The quantitative estimate of drug-likeness (QED) is 0.184. The second-order valence-electron chi connectivity index (χ2n) is 11.9. The van der Waals surface area contributed by atoms with Crippen LogP contribution in [0.4, 0.5) is 31.9 Å². The van der Waals surface area contributed by atoms with Crippen LogP contribution in [0.1, 0.15) is 49.5 Å². The lowest BCUT2D eigenvalue weighted by molar-refractivity contribution is -0.0298. The minimum absolute atomic E-state index is 0.121. The van der Waals surface area contributed by atoms with Gasteiger partial charge in [0.15, 0.2) is 17.0 Å². The van der Waals surface area contributed by atoms with Gasteiger partial charge in [0, 0.05) is 57.0 Å². The largest absolute Gasteiger partial charge is 0.371 e. The smallest absolute Gasteiger partial charge is 0.251 e. The lowest BCUT2D eigenvalue weighted by Gasteiger charge is -2.33. The normalized spacial score (nSPS) is 18.2. The Bertz CT molecular complexity index is 1660. The number of nitrogens with zero attached hydrogens (tertiary/aromatic N) is 6. The van der Waals surface area contributed by atoms with Gasteiger partial charge in [-0.25, -0.2) is 13.8 Å². The Hall–Kier alpha value is -4.57. The number of alkyl halides is 2. The van der Waals surface area contributed by atoms with Gasteiger partial charge in [-0.1, -0.05) is 60.7 Å². The molecule has 1 atom stereocenters. The summed E-state index contributed by atoms with van der Waals surface area (Å²) in [7, 11) is 0. The van der Waals surface area contributed by atoms with E-state index in [4.69, 9.17) is 19.7 Å². The Morgan fingerprint density at radius 2 is 1.51 bits per heavy atom. The van der Waals surface area contributed by atoms with Crippen molar-refractivity contribution in [1.82, 2.24) is 19.5 Å². The number of anilines is 4. The highest BCUT2D eigenvalue weighted by molar-refractivity contribution is 5.85. The van der Waals surface area contributed by atoms with Crippen molar-refractivity contribution in [3.8, 4) is 0 Å². The molecule has 2 aromatic heterocycles. The van der Waals surface area contributed by atoms with E-state index in [1.165, 1.54) is 0 Å². The van der Waals surface area contributed by atoms with Crippen LogP contribution in [0.15, 0.2) is 91.3 Å². The molecule has 2 saturated heterocycles. The molecular formula is C35H37F2N7O. The van der Waals surface area contributed by atoms with Crippen LogP contribution in [-0.4, -0.2) is 45.1 Å². The second kappa shape index (κ2) is 12.8. The SMILES string of the molecule is FC1(F)CCN(c2ccc(Nc3nc(N(Cc4ccccc4)Cc4ccccc4)c4ncn(C5CCCCO5)c4n3)cc2)CC1. The Labute approximate surface area is 261 Å². The van der Waals surface area contributed by atoms with E-state index in [-0.39, 0.29) is 19.1 Å².